The molecule has 2 heterocycles. The van der Waals surface area contributed by atoms with Crippen molar-refractivity contribution in [1.82, 2.24) is 4.98 Å². The SMILES string of the molecule is COc1ccc(/C(O)=C2/C(=O)C(=O)N(c3ccc(OC(F)(F)F)cc3)C2c2ccccn2)cc1C. The number of ether oxygens (including phenoxy) is 2. The molecule has 1 N–H and O–H groups in total. The van der Waals surface area contributed by atoms with Crippen LogP contribution < -0.4 is 14.4 Å². The Hall–Kier alpha value is -4.34. The summed E-state index contributed by atoms with van der Waals surface area (Å²) in [6.45, 7) is 1.76. The van der Waals surface area contributed by atoms with Gasteiger partial charge < -0.3 is 14.6 Å². The summed E-state index contributed by atoms with van der Waals surface area (Å²) in [4.78, 5) is 31.5. The molecule has 1 atom stereocenters. The third-order valence-corrected chi connectivity index (χ3v) is 5.43. The Morgan fingerprint density at radius 2 is 1.77 bits per heavy atom. The average molecular weight is 484 g/mol. The van der Waals surface area contributed by atoms with Gasteiger partial charge in [-0.2, -0.15) is 0 Å². The standard InChI is InChI=1S/C25H19F3N2O5/c1-14-13-15(6-11-19(14)34-2)22(31)20-21(18-5-3-4-12-29-18)30(24(33)23(20)32)16-7-9-17(10-8-16)35-25(26,27)28/h3-13,21,31H,1-2H3/b22-20-. The summed E-state index contributed by atoms with van der Waals surface area (Å²) in [6, 6.07) is 13.0. The van der Waals surface area contributed by atoms with Gasteiger partial charge in [0.2, 0.25) is 0 Å². The number of alkyl halides is 3. The van der Waals surface area contributed by atoms with E-state index in [2.05, 4.69) is 9.72 Å². The van der Waals surface area contributed by atoms with Gasteiger partial charge in [-0.05, 0) is 67.1 Å². The van der Waals surface area contributed by atoms with Crippen LogP contribution in [0.5, 0.6) is 11.5 Å². The number of aryl methyl sites for hydroxylation is 1. The van der Waals surface area contributed by atoms with E-state index in [1.54, 1.807) is 43.3 Å². The Bertz CT molecular complexity index is 1300. The van der Waals surface area contributed by atoms with Crippen LogP contribution in [0.1, 0.15) is 22.9 Å². The number of pyridine rings is 1. The first-order valence-electron chi connectivity index (χ1n) is 10.3. The van der Waals surface area contributed by atoms with E-state index in [0.29, 0.717) is 11.3 Å². The Morgan fingerprint density at radius 1 is 1.06 bits per heavy atom. The Balaban J connectivity index is 1.84. The van der Waals surface area contributed by atoms with Crippen molar-refractivity contribution in [3.63, 3.8) is 0 Å². The monoisotopic (exact) mass is 484 g/mol. The average Bonchev–Trinajstić information content (AvgIpc) is 3.09. The fraction of sp³-hybridized carbons (Fsp3) is 0.160. The molecule has 1 fully saturated rings. The van der Waals surface area contributed by atoms with Crippen LogP contribution >= 0.6 is 0 Å². The predicted molar refractivity (Wildman–Crippen MR) is 120 cm³/mol. The highest BCUT2D eigenvalue weighted by Gasteiger charge is 2.47. The maximum Gasteiger partial charge on any atom is 0.573 e. The molecule has 0 saturated carbocycles. The zero-order chi connectivity index (χ0) is 25.3. The number of aliphatic hydroxyl groups excluding tert-OH is 1. The van der Waals surface area contributed by atoms with E-state index in [9.17, 15) is 27.9 Å². The number of ketones is 1. The maximum absolute atomic E-state index is 13.1. The second kappa shape index (κ2) is 9.13. The molecule has 0 radical (unpaired) electrons. The van der Waals surface area contributed by atoms with Crippen molar-refractivity contribution in [1.29, 1.82) is 0 Å². The molecule has 1 amide bonds. The molecule has 2 aromatic carbocycles. The third-order valence-electron chi connectivity index (χ3n) is 5.43. The molecule has 180 valence electrons. The number of amides is 1. The number of rotatable bonds is 5. The number of anilines is 1. The molecule has 4 rings (SSSR count). The second-order valence-electron chi connectivity index (χ2n) is 7.65. The van der Waals surface area contributed by atoms with Gasteiger partial charge in [-0.3, -0.25) is 19.5 Å². The highest BCUT2D eigenvalue weighted by Crippen LogP contribution is 2.42. The zero-order valence-corrected chi connectivity index (χ0v) is 18.5. The minimum absolute atomic E-state index is 0.127. The lowest BCUT2D eigenvalue weighted by Crippen LogP contribution is -2.29. The number of benzene rings is 2. The van der Waals surface area contributed by atoms with E-state index in [1.165, 1.54) is 25.4 Å². The molecule has 3 aromatic rings. The van der Waals surface area contributed by atoms with Gasteiger partial charge in [0.05, 0.1) is 18.4 Å². The van der Waals surface area contributed by atoms with Crippen molar-refractivity contribution >= 4 is 23.1 Å². The molecule has 1 unspecified atom stereocenters. The summed E-state index contributed by atoms with van der Waals surface area (Å²) < 4.78 is 46.7. The summed E-state index contributed by atoms with van der Waals surface area (Å²) in [5.74, 6) is -2.24. The Labute approximate surface area is 198 Å². The molecule has 0 spiro atoms. The van der Waals surface area contributed by atoms with Crippen LogP contribution in [0.15, 0.2) is 72.4 Å². The number of hydrogen-bond acceptors (Lipinski definition) is 6. The number of carbonyl (C=O) groups excluding carboxylic acids is 2. The van der Waals surface area contributed by atoms with Gasteiger partial charge in [-0.25, -0.2) is 0 Å². The molecule has 1 aliphatic heterocycles. The minimum Gasteiger partial charge on any atom is -0.507 e. The smallest absolute Gasteiger partial charge is 0.507 e. The van der Waals surface area contributed by atoms with Gasteiger partial charge in [-0.15, -0.1) is 13.2 Å². The van der Waals surface area contributed by atoms with Crippen LogP contribution in [0.25, 0.3) is 5.76 Å². The fourth-order valence-corrected chi connectivity index (χ4v) is 3.91. The number of halogens is 3. The lowest BCUT2D eigenvalue weighted by molar-refractivity contribution is -0.274. The summed E-state index contributed by atoms with van der Waals surface area (Å²) in [5, 5.41) is 11.1. The van der Waals surface area contributed by atoms with E-state index in [-0.39, 0.29) is 22.5 Å². The minimum atomic E-state index is -4.88. The second-order valence-corrected chi connectivity index (χ2v) is 7.65. The van der Waals surface area contributed by atoms with Gasteiger partial charge in [0.15, 0.2) is 0 Å². The molecule has 10 heteroatoms. The summed E-state index contributed by atoms with van der Waals surface area (Å²) >= 11 is 0. The topological polar surface area (TPSA) is 89.0 Å². The lowest BCUT2D eigenvalue weighted by Gasteiger charge is -2.24. The number of Topliss-reactive ketones (excluding diaryl/α,β-unsaturated/α-hetero) is 1. The molecule has 0 bridgehead atoms. The van der Waals surface area contributed by atoms with Crippen molar-refractivity contribution in [2.45, 2.75) is 19.3 Å². The van der Waals surface area contributed by atoms with Gasteiger partial charge in [0.25, 0.3) is 11.7 Å². The zero-order valence-electron chi connectivity index (χ0n) is 18.5. The van der Waals surface area contributed by atoms with Gasteiger partial charge in [0.1, 0.15) is 23.3 Å². The van der Waals surface area contributed by atoms with Crippen LogP contribution in [-0.2, 0) is 9.59 Å². The Morgan fingerprint density at radius 3 is 2.34 bits per heavy atom. The Kier molecular flexibility index (Phi) is 6.21. The maximum atomic E-state index is 13.1. The molecule has 0 aliphatic carbocycles. The molecule has 7 nitrogen and oxygen atoms in total. The first kappa shape index (κ1) is 23.8. The number of methoxy groups -OCH3 is 1. The highest BCUT2D eigenvalue weighted by molar-refractivity contribution is 6.51. The van der Waals surface area contributed by atoms with E-state index in [0.717, 1.165) is 17.0 Å². The fourth-order valence-electron chi connectivity index (χ4n) is 3.91. The van der Waals surface area contributed by atoms with Gasteiger partial charge in [-0.1, -0.05) is 6.07 Å². The van der Waals surface area contributed by atoms with Crippen LogP contribution in [-0.4, -0.2) is 35.3 Å². The summed E-state index contributed by atoms with van der Waals surface area (Å²) in [6.07, 6.45) is -3.41. The van der Waals surface area contributed by atoms with Gasteiger partial charge >= 0.3 is 6.36 Å². The van der Waals surface area contributed by atoms with Crippen LogP contribution in [0.3, 0.4) is 0 Å². The molecule has 1 saturated heterocycles. The number of aliphatic hydroxyl groups is 1. The van der Waals surface area contributed by atoms with Crippen LogP contribution in [0.4, 0.5) is 18.9 Å². The van der Waals surface area contributed by atoms with E-state index in [4.69, 9.17) is 4.74 Å². The van der Waals surface area contributed by atoms with Crippen molar-refractivity contribution in [3.8, 4) is 11.5 Å². The van der Waals surface area contributed by atoms with Crippen molar-refractivity contribution in [3.05, 3.63) is 89.3 Å². The van der Waals surface area contributed by atoms with Crippen LogP contribution in [0, 0.1) is 6.92 Å². The van der Waals surface area contributed by atoms with E-state index >= 15 is 0 Å². The van der Waals surface area contributed by atoms with Crippen molar-refractivity contribution in [2.24, 2.45) is 0 Å². The lowest BCUT2D eigenvalue weighted by atomic mass is 9.97. The highest BCUT2D eigenvalue weighted by atomic mass is 19.4. The van der Waals surface area contributed by atoms with Crippen molar-refractivity contribution in [2.75, 3.05) is 12.0 Å². The molecular formula is C25H19F3N2O5. The van der Waals surface area contributed by atoms with E-state index in [1.807, 2.05) is 0 Å². The third kappa shape index (κ3) is 4.68. The summed E-state index contributed by atoms with van der Waals surface area (Å²) in [7, 11) is 1.50. The molecule has 1 aromatic heterocycles. The first-order chi connectivity index (χ1) is 16.6. The van der Waals surface area contributed by atoms with Gasteiger partial charge in [0, 0.05) is 17.4 Å². The number of hydrogen-bond donors (Lipinski definition) is 1. The normalized spacial score (nSPS) is 17.5. The largest absolute Gasteiger partial charge is 0.573 e. The number of aromatic nitrogens is 1. The molecule has 35 heavy (non-hydrogen) atoms. The van der Waals surface area contributed by atoms with Crippen LogP contribution in [0.2, 0.25) is 0 Å². The van der Waals surface area contributed by atoms with E-state index < -0.39 is 35.6 Å². The first-order valence-corrected chi connectivity index (χ1v) is 10.3. The predicted octanol–water partition coefficient (Wildman–Crippen LogP) is 4.92. The summed E-state index contributed by atoms with van der Waals surface area (Å²) in [5.41, 5.74) is 1.20. The number of nitrogens with zero attached hydrogens (tertiary/aromatic N) is 2. The molecular weight excluding hydrogens is 465 g/mol. The number of carbonyl (C=O) groups is 2. The molecule has 1 aliphatic rings. The van der Waals surface area contributed by atoms with Crippen molar-refractivity contribution < 1.29 is 37.3 Å². The quantitative estimate of drug-likeness (QED) is 0.314.